The Kier molecular flexibility index (Phi) is 6.98. The van der Waals surface area contributed by atoms with Gasteiger partial charge in [-0.1, -0.05) is 51.1 Å². The van der Waals surface area contributed by atoms with E-state index in [4.69, 9.17) is 11.6 Å². The summed E-state index contributed by atoms with van der Waals surface area (Å²) in [6, 6.07) is 1.59. The number of Topliss-reactive ketones (excluding diaryl/α,β-unsaturated/α-hetero) is 1. The van der Waals surface area contributed by atoms with Gasteiger partial charge in [0.15, 0.2) is 0 Å². The monoisotopic (exact) mass is 382 g/mol. The second-order valence-electron chi connectivity index (χ2n) is 8.21. The standard InChI is InChI=1S/C21H31ClO4/c1-13-11-16(23)15(19(25)18(13)22)10-8-6-4-5-7-9-14-12-17(24)21(2,3)20(14)26/h11,14,20,23,25-26H,4-10,12H2,1-3H3. The molecule has 3 N–H and O–H groups in total. The summed E-state index contributed by atoms with van der Waals surface area (Å²) in [4.78, 5) is 11.9. The van der Waals surface area contributed by atoms with E-state index in [0.29, 0.717) is 29.0 Å². The van der Waals surface area contributed by atoms with E-state index in [1.165, 1.54) is 0 Å². The molecule has 1 fully saturated rings. The predicted molar refractivity (Wildman–Crippen MR) is 104 cm³/mol. The SMILES string of the molecule is Cc1cc(O)c(CCCCCCCC2CC(=O)C(C)(C)C2O)c(O)c1Cl. The molecule has 0 heterocycles. The first-order valence-corrected chi connectivity index (χ1v) is 9.95. The van der Waals surface area contributed by atoms with Crippen molar-refractivity contribution in [2.24, 2.45) is 11.3 Å². The number of phenolic OH excluding ortho intramolecular Hbond substituents is 2. The number of halogens is 1. The van der Waals surface area contributed by atoms with Crippen molar-refractivity contribution in [3.8, 4) is 11.5 Å². The lowest BCUT2D eigenvalue weighted by Gasteiger charge is -2.23. The first-order chi connectivity index (χ1) is 12.2. The largest absolute Gasteiger partial charge is 0.508 e. The average Bonchev–Trinajstić information content (AvgIpc) is 2.77. The van der Waals surface area contributed by atoms with Crippen LogP contribution in [0.4, 0.5) is 0 Å². The van der Waals surface area contributed by atoms with E-state index in [2.05, 4.69) is 0 Å². The summed E-state index contributed by atoms with van der Waals surface area (Å²) >= 11 is 6.03. The fourth-order valence-corrected chi connectivity index (χ4v) is 4.08. The van der Waals surface area contributed by atoms with Crippen molar-refractivity contribution < 1.29 is 20.1 Å². The van der Waals surface area contributed by atoms with E-state index < -0.39 is 11.5 Å². The van der Waals surface area contributed by atoms with E-state index in [1.807, 2.05) is 13.8 Å². The number of rotatable bonds is 8. The average molecular weight is 383 g/mol. The molecule has 0 aliphatic heterocycles. The molecule has 1 aromatic rings. The van der Waals surface area contributed by atoms with Gasteiger partial charge in [0, 0.05) is 17.4 Å². The van der Waals surface area contributed by atoms with Crippen LogP contribution in [-0.2, 0) is 11.2 Å². The minimum absolute atomic E-state index is 0.00771. The molecule has 0 radical (unpaired) electrons. The number of aryl methyl sites for hydroxylation is 1. The maximum atomic E-state index is 11.9. The lowest BCUT2D eigenvalue weighted by atomic mass is 9.85. The van der Waals surface area contributed by atoms with Crippen molar-refractivity contribution in [2.75, 3.05) is 0 Å². The topological polar surface area (TPSA) is 77.8 Å². The molecule has 1 aliphatic rings. The van der Waals surface area contributed by atoms with Crippen molar-refractivity contribution in [1.82, 2.24) is 0 Å². The molecule has 2 rings (SSSR count). The zero-order valence-corrected chi connectivity index (χ0v) is 16.8. The number of carbonyl (C=O) groups is 1. The molecule has 2 atom stereocenters. The second kappa shape index (κ2) is 8.62. The third-order valence-corrected chi connectivity index (χ3v) is 6.33. The molecule has 1 saturated carbocycles. The van der Waals surface area contributed by atoms with Crippen LogP contribution in [0.3, 0.4) is 0 Å². The number of carbonyl (C=O) groups excluding carboxylic acids is 1. The molecule has 1 aliphatic carbocycles. The van der Waals surface area contributed by atoms with Crippen LogP contribution in [0.1, 0.15) is 69.9 Å². The minimum Gasteiger partial charge on any atom is -0.508 e. The van der Waals surface area contributed by atoms with Crippen LogP contribution in [0.5, 0.6) is 11.5 Å². The molecule has 0 aromatic heterocycles. The van der Waals surface area contributed by atoms with Gasteiger partial charge in [0.25, 0.3) is 0 Å². The number of hydrogen-bond acceptors (Lipinski definition) is 4. The first-order valence-electron chi connectivity index (χ1n) is 9.57. The number of aliphatic hydroxyl groups excluding tert-OH is 1. The molecule has 0 spiro atoms. The summed E-state index contributed by atoms with van der Waals surface area (Å²) in [5.41, 5.74) is 0.598. The van der Waals surface area contributed by atoms with Gasteiger partial charge in [0.1, 0.15) is 17.3 Å². The highest BCUT2D eigenvalue weighted by molar-refractivity contribution is 6.33. The smallest absolute Gasteiger partial charge is 0.141 e. The van der Waals surface area contributed by atoms with Crippen LogP contribution in [0.2, 0.25) is 5.02 Å². The molecular weight excluding hydrogens is 352 g/mol. The minimum atomic E-state index is -0.593. The number of aliphatic hydroxyl groups is 1. The van der Waals surface area contributed by atoms with Gasteiger partial charge in [-0.05, 0) is 43.7 Å². The number of phenols is 2. The summed E-state index contributed by atoms with van der Waals surface area (Å²) in [6.45, 7) is 5.42. The molecule has 1 aromatic carbocycles. The van der Waals surface area contributed by atoms with Gasteiger partial charge < -0.3 is 15.3 Å². The highest BCUT2D eigenvalue weighted by Crippen LogP contribution is 2.41. The molecule has 26 heavy (non-hydrogen) atoms. The molecule has 146 valence electrons. The summed E-state index contributed by atoms with van der Waals surface area (Å²) in [5.74, 6) is 0.367. The van der Waals surface area contributed by atoms with E-state index in [-0.39, 0.29) is 23.2 Å². The lowest BCUT2D eigenvalue weighted by molar-refractivity contribution is -0.126. The third-order valence-electron chi connectivity index (χ3n) is 5.86. The Hall–Kier alpha value is -1.26. The van der Waals surface area contributed by atoms with Crippen molar-refractivity contribution in [2.45, 2.75) is 78.2 Å². The zero-order valence-electron chi connectivity index (χ0n) is 16.0. The Bertz CT molecular complexity index is 654. The molecule has 0 saturated heterocycles. The second-order valence-corrected chi connectivity index (χ2v) is 8.59. The summed E-state index contributed by atoms with van der Waals surface area (Å²) in [7, 11) is 0. The number of unbranched alkanes of at least 4 members (excludes halogenated alkanes) is 4. The quantitative estimate of drug-likeness (QED) is 0.557. The predicted octanol–water partition coefficient (Wildman–Crippen LogP) is 4.92. The van der Waals surface area contributed by atoms with Crippen molar-refractivity contribution in [3.05, 3.63) is 22.2 Å². The Morgan fingerprint density at radius 2 is 1.77 bits per heavy atom. The Labute approximate surface area is 161 Å². The van der Waals surface area contributed by atoms with Crippen LogP contribution in [0.25, 0.3) is 0 Å². The van der Waals surface area contributed by atoms with E-state index in [9.17, 15) is 20.1 Å². The van der Waals surface area contributed by atoms with Gasteiger partial charge in [0.2, 0.25) is 0 Å². The fraction of sp³-hybridized carbons (Fsp3) is 0.667. The maximum absolute atomic E-state index is 11.9. The molecule has 0 bridgehead atoms. The Balaban J connectivity index is 1.67. The van der Waals surface area contributed by atoms with Crippen molar-refractivity contribution in [1.29, 1.82) is 0 Å². The Morgan fingerprint density at radius 3 is 2.38 bits per heavy atom. The van der Waals surface area contributed by atoms with Gasteiger partial charge in [0.05, 0.1) is 11.1 Å². The zero-order chi connectivity index (χ0) is 19.5. The van der Waals surface area contributed by atoms with Gasteiger partial charge in [-0.3, -0.25) is 4.79 Å². The molecule has 4 nitrogen and oxygen atoms in total. The van der Waals surface area contributed by atoms with E-state index in [0.717, 1.165) is 38.5 Å². The summed E-state index contributed by atoms with van der Waals surface area (Å²) < 4.78 is 0. The van der Waals surface area contributed by atoms with E-state index >= 15 is 0 Å². The van der Waals surface area contributed by atoms with Crippen LogP contribution >= 0.6 is 11.6 Å². The highest BCUT2D eigenvalue weighted by Gasteiger charge is 2.47. The number of hydrogen-bond donors (Lipinski definition) is 3. The van der Waals surface area contributed by atoms with Gasteiger partial charge in [-0.15, -0.1) is 0 Å². The molecular formula is C21H31ClO4. The van der Waals surface area contributed by atoms with Gasteiger partial charge >= 0.3 is 0 Å². The third kappa shape index (κ3) is 4.52. The lowest BCUT2D eigenvalue weighted by Crippen LogP contribution is -2.31. The number of aromatic hydroxyl groups is 2. The molecule has 0 amide bonds. The van der Waals surface area contributed by atoms with Crippen molar-refractivity contribution >= 4 is 17.4 Å². The van der Waals surface area contributed by atoms with Crippen LogP contribution in [-0.4, -0.2) is 27.2 Å². The van der Waals surface area contributed by atoms with Crippen LogP contribution in [0.15, 0.2) is 6.07 Å². The van der Waals surface area contributed by atoms with Crippen LogP contribution < -0.4 is 0 Å². The molecule has 2 unspecified atom stereocenters. The van der Waals surface area contributed by atoms with E-state index in [1.54, 1.807) is 13.0 Å². The highest BCUT2D eigenvalue weighted by atomic mass is 35.5. The summed E-state index contributed by atoms with van der Waals surface area (Å²) in [6.07, 6.45) is 6.48. The fourth-order valence-electron chi connectivity index (χ4n) is 3.91. The normalized spacial score (nSPS) is 22.1. The number of benzene rings is 1. The first kappa shape index (κ1) is 21.0. The molecule has 5 heteroatoms. The maximum Gasteiger partial charge on any atom is 0.141 e. The summed E-state index contributed by atoms with van der Waals surface area (Å²) in [5, 5.41) is 30.6. The van der Waals surface area contributed by atoms with Crippen molar-refractivity contribution in [3.63, 3.8) is 0 Å². The van der Waals surface area contributed by atoms with Gasteiger partial charge in [-0.25, -0.2) is 0 Å². The van der Waals surface area contributed by atoms with Gasteiger partial charge in [-0.2, -0.15) is 0 Å². The van der Waals surface area contributed by atoms with Crippen LogP contribution in [0, 0.1) is 18.3 Å². The number of ketones is 1. The Morgan fingerprint density at radius 1 is 1.15 bits per heavy atom.